The van der Waals surface area contributed by atoms with Crippen molar-refractivity contribution in [2.75, 3.05) is 0 Å². The highest BCUT2D eigenvalue weighted by atomic mass is 35.5. The third kappa shape index (κ3) is 5.28. The number of rotatable bonds is 6. The van der Waals surface area contributed by atoms with E-state index in [0.29, 0.717) is 30.7 Å². The van der Waals surface area contributed by atoms with Crippen LogP contribution in [0.4, 0.5) is 0 Å². The first kappa shape index (κ1) is 22.7. The lowest BCUT2D eigenvalue weighted by Crippen LogP contribution is -2.41. The largest absolute Gasteiger partial charge is 0.349 e. The number of hydrogen-bond donors (Lipinski definition) is 2. The first-order valence-electron chi connectivity index (χ1n) is 10.7. The van der Waals surface area contributed by atoms with Crippen LogP contribution in [0.25, 0.3) is 10.8 Å². The lowest BCUT2D eigenvalue weighted by atomic mass is 9.85. The van der Waals surface area contributed by atoms with Crippen molar-refractivity contribution in [2.45, 2.75) is 49.6 Å². The smallest absolute Gasteiger partial charge is 0.240 e. The van der Waals surface area contributed by atoms with Gasteiger partial charge in [-0.25, -0.2) is 13.1 Å². The quantitative estimate of drug-likeness (QED) is 0.549. The summed E-state index contributed by atoms with van der Waals surface area (Å²) in [7, 11) is -3.64. The number of carbonyl (C=O) groups is 1. The number of amides is 1. The fourth-order valence-corrected chi connectivity index (χ4v) is 5.69. The first-order valence-corrected chi connectivity index (χ1v) is 12.6. The molecular formula is C24H26ClN3O3S. The van der Waals surface area contributed by atoms with E-state index in [9.17, 15) is 13.2 Å². The Morgan fingerprint density at radius 1 is 1.06 bits per heavy atom. The van der Waals surface area contributed by atoms with E-state index >= 15 is 0 Å². The average Bonchev–Trinajstić information content (AvgIpc) is 2.79. The molecule has 0 spiro atoms. The third-order valence-electron chi connectivity index (χ3n) is 6.05. The Labute approximate surface area is 193 Å². The topological polar surface area (TPSA) is 88.2 Å². The van der Waals surface area contributed by atoms with Crippen molar-refractivity contribution < 1.29 is 13.2 Å². The third-order valence-corrected chi connectivity index (χ3v) is 7.80. The van der Waals surface area contributed by atoms with Crippen LogP contribution >= 0.6 is 11.6 Å². The highest BCUT2D eigenvalue weighted by Gasteiger charge is 2.29. The van der Waals surface area contributed by atoms with E-state index < -0.39 is 10.0 Å². The number of fused-ring (bicyclic) bond motifs is 1. The minimum Gasteiger partial charge on any atom is -0.349 e. The van der Waals surface area contributed by atoms with Gasteiger partial charge in [-0.15, -0.1) is 0 Å². The van der Waals surface area contributed by atoms with Gasteiger partial charge in [0.25, 0.3) is 0 Å². The molecule has 168 valence electrons. The van der Waals surface area contributed by atoms with Crippen molar-refractivity contribution in [3.63, 3.8) is 0 Å². The number of nitrogens with zero attached hydrogens (tertiary/aromatic N) is 1. The van der Waals surface area contributed by atoms with Crippen LogP contribution in [0.1, 0.15) is 44.2 Å². The molecule has 4 rings (SSSR count). The van der Waals surface area contributed by atoms with Gasteiger partial charge in [0.15, 0.2) is 0 Å². The van der Waals surface area contributed by atoms with Gasteiger partial charge < -0.3 is 5.32 Å². The average molecular weight is 472 g/mol. The minimum atomic E-state index is -3.64. The molecule has 0 saturated heterocycles. The molecule has 2 N–H and O–H groups in total. The molecule has 6 nitrogen and oxygen atoms in total. The molecule has 1 aromatic heterocycles. The van der Waals surface area contributed by atoms with E-state index in [1.165, 1.54) is 0 Å². The van der Waals surface area contributed by atoms with Crippen LogP contribution in [-0.4, -0.2) is 25.4 Å². The standard InChI is InChI=1S/C24H26ClN3O3S/c1-16(20-3-2-12-26-15-20)27-24(29)17-5-9-22(10-6-17)28-32(30,31)23-11-7-18-13-21(25)8-4-19(18)14-23/h2-4,7-8,11-17,22,28H,5-6,9-10H2,1H3,(H,27,29)/t16-,17-,22-/m1/s1. The van der Waals surface area contributed by atoms with Crippen molar-refractivity contribution in [3.8, 4) is 0 Å². The Morgan fingerprint density at radius 3 is 2.50 bits per heavy atom. The van der Waals surface area contributed by atoms with Crippen LogP contribution in [-0.2, 0) is 14.8 Å². The minimum absolute atomic E-state index is 0.0100. The van der Waals surface area contributed by atoms with E-state index in [2.05, 4.69) is 15.0 Å². The van der Waals surface area contributed by atoms with Crippen molar-refractivity contribution in [1.29, 1.82) is 0 Å². The number of carbonyl (C=O) groups excluding carboxylic acids is 1. The Hall–Kier alpha value is -2.48. The predicted molar refractivity (Wildman–Crippen MR) is 126 cm³/mol. The summed E-state index contributed by atoms with van der Waals surface area (Å²) in [6.07, 6.45) is 6.00. The number of pyridine rings is 1. The SMILES string of the molecule is C[C@@H](NC(=O)[C@H]1CC[C@H](NS(=O)(=O)c2ccc3cc(Cl)ccc3c2)CC1)c1cccnc1. The number of halogens is 1. The number of hydrogen-bond acceptors (Lipinski definition) is 4. The molecule has 1 atom stereocenters. The number of sulfonamides is 1. The monoisotopic (exact) mass is 471 g/mol. The lowest BCUT2D eigenvalue weighted by molar-refractivity contribution is -0.126. The molecule has 0 unspecified atom stereocenters. The van der Waals surface area contributed by atoms with E-state index in [1.54, 1.807) is 36.7 Å². The van der Waals surface area contributed by atoms with Crippen molar-refractivity contribution in [2.24, 2.45) is 5.92 Å². The molecule has 0 radical (unpaired) electrons. The molecule has 1 aliphatic carbocycles. The maximum absolute atomic E-state index is 12.9. The number of aromatic nitrogens is 1. The van der Waals surface area contributed by atoms with Crippen LogP contribution in [0.3, 0.4) is 0 Å². The summed E-state index contributed by atoms with van der Waals surface area (Å²) in [6, 6.07) is 13.9. The van der Waals surface area contributed by atoms with Crippen molar-refractivity contribution in [1.82, 2.24) is 15.0 Å². The van der Waals surface area contributed by atoms with Gasteiger partial charge in [0.05, 0.1) is 10.9 Å². The van der Waals surface area contributed by atoms with Gasteiger partial charge in [-0.05, 0) is 79.3 Å². The zero-order chi connectivity index (χ0) is 22.7. The fraction of sp³-hybridized carbons (Fsp3) is 0.333. The summed E-state index contributed by atoms with van der Waals surface area (Å²) < 4.78 is 28.6. The number of benzene rings is 2. The Bertz CT molecular complexity index is 1210. The zero-order valence-electron chi connectivity index (χ0n) is 17.8. The summed E-state index contributed by atoms with van der Waals surface area (Å²) in [4.78, 5) is 17.0. The highest BCUT2D eigenvalue weighted by molar-refractivity contribution is 7.89. The highest BCUT2D eigenvalue weighted by Crippen LogP contribution is 2.28. The summed E-state index contributed by atoms with van der Waals surface area (Å²) in [6.45, 7) is 1.94. The Balaban J connectivity index is 1.34. The van der Waals surface area contributed by atoms with Gasteiger partial charge in [0.2, 0.25) is 15.9 Å². The van der Waals surface area contributed by atoms with Gasteiger partial charge in [-0.1, -0.05) is 29.8 Å². The second-order valence-electron chi connectivity index (χ2n) is 8.34. The van der Waals surface area contributed by atoms with Gasteiger partial charge in [-0.2, -0.15) is 0 Å². The normalized spacial score (nSPS) is 20.1. The van der Waals surface area contributed by atoms with Crippen molar-refractivity contribution >= 4 is 38.3 Å². The van der Waals surface area contributed by atoms with Gasteiger partial charge >= 0.3 is 0 Å². The molecule has 2 aromatic carbocycles. The molecule has 3 aromatic rings. The van der Waals surface area contributed by atoms with Crippen LogP contribution in [0.15, 0.2) is 65.8 Å². The summed E-state index contributed by atoms with van der Waals surface area (Å²) in [5.41, 5.74) is 0.958. The first-order chi connectivity index (χ1) is 15.3. The predicted octanol–water partition coefficient (Wildman–Crippen LogP) is 4.60. The lowest BCUT2D eigenvalue weighted by Gasteiger charge is -2.29. The summed E-state index contributed by atoms with van der Waals surface area (Å²) in [5.74, 6) is -0.101. The molecule has 32 heavy (non-hydrogen) atoms. The molecule has 0 bridgehead atoms. The molecular weight excluding hydrogens is 446 g/mol. The molecule has 1 heterocycles. The maximum atomic E-state index is 12.9. The zero-order valence-corrected chi connectivity index (χ0v) is 19.4. The van der Waals surface area contributed by atoms with Crippen LogP contribution in [0.2, 0.25) is 5.02 Å². The van der Waals surface area contributed by atoms with E-state index in [1.807, 2.05) is 31.2 Å². The molecule has 1 fully saturated rings. The number of nitrogens with one attached hydrogen (secondary N) is 2. The van der Waals surface area contributed by atoms with Gasteiger partial charge in [0.1, 0.15) is 0 Å². The summed E-state index contributed by atoms with van der Waals surface area (Å²) in [5, 5.41) is 5.37. The van der Waals surface area contributed by atoms with E-state index in [-0.39, 0.29) is 28.8 Å². The molecule has 1 amide bonds. The molecule has 1 aliphatic rings. The van der Waals surface area contributed by atoms with Crippen LogP contribution in [0.5, 0.6) is 0 Å². The van der Waals surface area contributed by atoms with Crippen LogP contribution in [0, 0.1) is 5.92 Å². The van der Waals surface area contributed by atoms with Crippen LogP contribution < -0.4 is 10.0 Å². The second-order valence-corrected chi connectivity index (χ2v) is 10.5. The maximum Gasteiger partial charge on any atom is 0.240 e. The van der Waals surface area contributed by atoms with Gasteiger partial charge in [0, 0.05) is 29.4 Å². The molecule has 8 heteroatoms. The van der Waals surface area contributed by atoms with E-state index in [4.69, 9.17) is 11.6 Å². The Morgan fingerprint density at radius 2 is 1.78 bits per heavy atom. The van der Waals surface area contributed by atoms with Crippen molar-refractivity contribution in [3.05, 3.63) is 71.5 Å². The Kier molecular flexibility index (Phi) is 6.79. The van der Waals surface area contributed by atoms with Gasteiger partial charge in [-0.3, -0.25) is 9.78 Å². The molecule has 1 saturated carbocycles. The fourth-order valence-electron chi connectivity index (χ4n) is 4.17. The molecule has 0 aliphatic heterocycles. The summed E-state index contributed by atoms with van der Waals surface area (Å²) >= 11 is 6.01. The second kappa shape index (κ2) is 9.57. The van der Waals surface area contributed by atoms with E-state index in [0.717, 1.165) is 16.3 Å².